The summed E-state index contributed by atoms with van der Waals surface area (Å²) in [7, 11) is 3.16. The van der Waals surface area contributed by atoms with Crippen LogP contribution < -0.4 is 19.1 Å². The smallest absolute Gasteiger partial charge is 0.271 e. The Hall–Kier alpha value is -3.78. The number of carbonyl (C=O) groups excluding carboxylic acids is 1. The van der Waals surface area contributed by atoms with Crippen molar-refractivity contribution in [2.45, 2.75) is 6.92 Å². The maximum atomic E-state index is 13.4. The van der Waals surface area contributed by atoms with Crippen molar-refractivity contribution in [3.8, 4) is 17.2 Å². The molecule has 2 heterocycles. The topological polar surface area (TPSA) is 73.2 Å². The van der Waals surface area contributed by atoms with Gasteiger partial charge in [0.1, 0.15) is 5.75 Å². The van der Waals surface area contributed by atoms with Crippen molar-refractivity contribution in [3.05, 3.63) is 77.3 Å². The first-order chi connectivity index (χ1) is 16.1. The van der Waals surface area contributed by atoms with Crippen LogP contribution in [0.25, 0.3) is 6.08 Å². The number of thioether (sulfide) groups is 1. The molecule has 168 valence electrons. The molecule has 1 fully saturated rings. The molecule has 33 heavy (non-hydrogen) atoms. The Morgan fingerprint density at radius 2 is 1.82 bits per heavy atom. The van der Waals surface area contributed by atoms with Gasteiger partial charge in [0.15, 0.2) is 22.5 Å². The number of pyridine rings is 1. The summed E-state index contributed by atoms with van der Waals surface area (Å²) in [6.45, 7) is 2.50. The predicted octanol–water partition coefficient (Wildman–Crippen LogP) is 5.31. The zero-order valence-electron chi connectivity index (χ0n) is 18.5. The molecule has 0 spiro atoms. The van der Waals surface area contributed by atoms with Gasteiger partial charge in [-0.1, -0.05) is 12.1 Å². The number of carbonyl (C=O) groups is 1. The molecule has 3 aromatic rings. The molecule has 2 aromatic carbocycles. The molecule has 0 bridgehead atoms. The minimum absolute atomic E-state index is 0.173. The van der Waals surface area contributed by atoms with Gasteiger partial charge < -0.3 is 14.2 Å². The molecule has 4 rings (SSSR count). The minimum atomic E-state index is -0.173. The zero-order valence-corrected chi connectivity index (χ0v) is 19.3. The average molecular weight is 462 g/mol. The standard InChI is InChI=1S/C25H23N3O4S/c1-4-32-19-11-9-18(10-12-19)28-24(29)22(33-25(28)27-23-7-5-6-14-26-23)16-17-8-13-20(30-2)21(15-17)31-3/h5-16H,4H2,1-3H3/b22-16-,27-25-. The van der Waals surface area contributed by atoms with Crippen LogP contribution in [0.5, 0.6) is 17.2 Å². The third kappa shape index (κ3) is 5.01. The summed E-state index contributed by atoms with van der Waals surface area (Å²) >= 11 is 1.29. The van der Waals surface area contributed by atoms with Crippen molar-refractivity contribution >= 4 is 40.4 Å². The van der Waals surface area contributed by atoms with Gasteiger partial charge in [0.25, 0.3) is 5.91 Å². The summed E-state index contributed by atoms with van der Waals surface area (Å²) < 4.78 is 16.2. The molecular formula is C25H23N3O4S. The van der Waals surface area contributed by atoms with E-state index in [0.29, 0.717) is 39.7 Å². The Bertz CT molecular complexity index is 1190. The number of hydrogen-bond donors (Lipinski definition) is 0. The van der Waals surface area contributed by atoms with Crippen molar-refractivity contribution in [1.82, 2.24) is 4.98 Å². The Morgan fingerprint density at radius 1 is 1.03 bits per heavy atom. The van der Waals surface area contributed by atoms with Gasteiger partial charge in [-0.25, -0.2) is 9.98 Å². The first kappa shape index (κ1) is 22.4. The lowest BCUT2D eigenvalue weighted by Crippen LogP contribution is -2.28. The van der Waals surface area contributed by atoms with Crippen molar-refractivity contribution in [2.75, 3.05) is 25.7 Å². The number of anilines is 1. The third-order valence-electron chi connectivity index (χ3n) is 4.78. The summed E-state index contributed by atoms with van der Waals surface area (Å²) in [6, 6.07) is 18.3. The van der Waals surface area contributed by atoms with Crippen molar-refractivity contribution < 1.29 is 19.0 Å². The zero-order chi connectivity index (χ0) is 23.2. The molecule has 8 heteroatoms. The van der Waals surface area contributed by atoms with Gasteiger partial charge >= 0.3 is 0 Å². The SMILES string of the molecule is CCOc1ccc(N2C(=O)/C(=C/c3ccc(OC)c(OC)c3)S/C2=N\c2ccccn2)cc1. The van der Waals surface area contributed by atoms with E-state index in [1.165, 1.54) is 11.8 Å². The van der Waals surface area contributed by atoms with E-state index >= 15 is 0 Å². The molecule has 1 aliphatic heterocycles. The highest BCUT2D eigenvalue weighted by molar-refractivity contribution is 8.19. The van der Waals surface area contributed by atoms with Crippen LogP contribution in [-0.4, -0.2) is 36.9 Å². The number of methoxy groups -OCH3 is 2. The molecular weight excluding hydrogens is 438 g/mol. The second-order valence-electron chi connectivity index (χ2n) is 6.87. The fraction of sp³-hybridized carbons (Fsp3) is 0.160. The van der Waals surface area contributed by atoms with E-state index in [1.54, 1.807) is 31.4 Å². The van der Waals surface area contributed by atoms with Crippen LogP contribution in [-0.2, 0) is 4.79 Å². The van der Waals surface area contributed by atoms with Crippen LogP contribution in [0.15, 0.2) is 76.8 Å². The summed E-state index contributed by atoms with van der Waals surface area (Å²) in [5, 5.41) is 0.523. The largest absolute Gasteiger partial charge is 0.494 e. The van der Waals surface area contributed by atoms with E-state index in [2.05, 4.69) is 9.98 Å². The summed E-state index contributed by atoms with van der Waals surface area (Å²) in [5.41, 5.74) is 1.51. The van der Waals surface area contributed by atoms with Crippen molar-refractivity contribution in [3.63, 3.8) is 0 Å². The second-order valence-corrected chi connectivity index (χ2v) is 7.88. The van der Waals surface area contributed by atoms with Gasteiger partial charge in [-0.3, -0.25) is 9.69 Å². The predicted molar refractivity (Wildman–Crippen MR) is 132 cm³/mol. The molecule has 7 nitrogen and oxygen atoms in total. The molecule has 1 amide bonds. The normalized spacial score (nSPS) is 15.8. The van der Waals surface area contributed by atoms with Gasteiger partial charge in [0.2, 0.25) is 0 Å². The minimum Gasteiger partial charge on any atom is -0.494 e. The Kier molecular flexibility index (Phi) is 6.95. The Labute approximate surface area is 196 Å². The quantitative estimate of drug-likeness (QED) is 0.444. The van der Waals surface area contributed by atoms with E-state index in [1.807, 2.05) is 67.6 Å². The van der Waals surface area contributed by atoms with Gasteiger partial charge in [0.05, 0.1) is 31.4 Å². The van der Waals surface area contributed by atoms with E-state index in [9.17, 15) is 4.79 Å². The van der Waals surface area contributed by atoms with Crippen LogP contribution in [0.2, 0.25) is 0 Å². The molecule has 1 aliphatic rings. The first-order valence-corrected chi connectivity index (χ1v) is 11.1. The third-order valence-corrected chi connectivity index (χ3v) is 5.75. The fourth-order valence-electron chi connectivity index (χ4n) is 3.25. The van der Waals surface area contributed by atoms with E-state index in [0.717, 1.165) is 11.3 Å². The summed E-state index contributed by atoms with van der Waals surface area (Å²) in [5.74, 6) is 2.31. The number of amides is 1. The average Bonchev–Trinajstić information content (AvgIpc) is 3.14. The summed E-state index contributed by atoms with van der Waals surface area (Å²) in [6.07, 6.45) is 3.49. The number of amidine groups is 1. The molecule has 0 saturated carbocycles. The molecule has 0 aliphatic carbocycles. The Balaban J connectivity index is 1.73. The number of aliphatic imine (C=N–C) groups is 1. The Morgan fingerprint density at radius 3 is 2.48 bits per heavy atom. The number of ether oxygens (including phenoxy) is 3. The molecule has 0 atom stereocenters. The van der Waals surface area contributed by atoms with Gasteiger partial charge in [-0.05, 0) is 78.9 Å². The monoisotopic (exact) mass is 461 g/mol. The summed E-state index contributed by atoms with van der Waals surface area (Å²) in [4.78, 5) is 24.5. The first-order valence-electron chi connectivity index (χ1n) is 10.3. The number of benzene rings is 2. The molecule has 0 N–H and O–H groups in total. The van der Waals surface area contributed by atoms with Crippen LogP contribution >= 0.6 is 11.8 Å². The van der Waals surface area contributed by atoms with Crippen LogP contribution in [0.4, 0.5) is 11.5 Å². The second kappa shape index (κ2) is 10.2. The number of aromatic nitrogens is 1. The number of rotatable bonds is 7. The van der Waals surface area contributed by atoms with Crippen LogP contribution in [0.3, 0.4) is 0 Å². The lowest BCUT2D eigenvalue weighted by atomic mass is 10.2. The van der Waals surface area contributed by atoms with E-state index < -0.39 is 0 Å². The molecule has 0 unspecified atom stereocenters. The highest BCUT2D eigenvalue weighted by atomic mass is 32.2. The maximum absolute atomic E-state index is 13.4. The van der Waals surface area contributed by atoms with Crippen LogP contribution in [0, 0.1) is 0 Å². The number of hydrogen-bond acceptors (Lipinski definition) is 7. The van der Waals surface area contributed by atoms with E-state index in [-0.39, 0.29) is 5.91 Å². The van der Waals surface area contributed by atoms with Gasteiger partial charge in [-0.2, -0.15) is 0 Å². The highest BCUT2D eigenvalue weighted by Crippen LogP contribution is 2.38. The highest BCUT2D eigenvalue weighted by Gasteiger charge is 2.35. The molecule has 1 aromatic heterocycles. The lowest BCUT2D eigenvalue weighted by molar-refractivity contribution is -0.113. The van der Waals surface area contributed by atoms with Gasteiger partial charge in [0, 0.05) is 6.20 Å². The van der Waals surface area contributed by atoms with Crippen molar-refractivity contribution in [2.24, 2.45) is 4.99 Å². The molecule has 1 saturated heterocycles. The lowest BCUT2D eigenvalue weighted by Gasteiger charge is -2.16. The molecule has 0 radical (unpaired) electrons. The fourth-order valence-corrected chi connectivity index (χ4v) is 4.24. The van der Waals surface area contributed by atoms with Crippen LogP contribution in [0.1, 0.15) is 12.5 Å². The maximum Gasteiger partial charge on any atom is 0.271 e. The van der Waals surface area contributed by atoms with Gasteiger partial charge in [-0.15, -0.1) is 0 Å². The van der Waals surface area contributed by atoms with Crippen molar-refractivity contribution in [1.29, 1.82) is 0 Å². The number of nitrogens with zero attached hydrogens (tertiary/aromatic N) is 3. The van der Waals surface area contributed by atoms with E-state index in [4.69, 9.17) is 14.2 Å².